The molecule has 1 fully saturated rings. The maximum Gasteiger partial charge on any atom is 0.134 e. The average Bonchev–Trinajstić information content (AvgIpc) is 2.86. The molecule has 0 amide bonds. The van der Waals surface area contributed by atoms with Crippen LogP contribution < -0.4 is 0 Å². The largest absolute Gasteiger partial charge is 0.206 e. The molecule has 0 nitrogen and oxygen atoms in total. The molecule has 172 valence electrons. The van der Waals surface area contributed by atoms with Crippen molar-refractivity contribution in [2.24, 2.45) is 11.8 Å². The second kappa shape index (κ2) is 11.5. The summed E-state index contributed by atoms with van der Waals surface area (Å²) in [5.41, 5.74) is 4.13. The molecule has 3 aromatic rings. The zero-order valence-corrected chi connectivity index (χ0v) is 20.3. The van der Waals surface area contributed by atoms with Crippen molar-refractivity contribution >= 4 is 10.8 Å². The number of rotatable bonds is 7. The first-order valence-electron chi connectivity index (χ1n) is 13.0. The van der Waals surface area contributed by atoms with Crippen LogP contribution in [0.15, 0.2) is 54.6 Å². The molecule has 0 bridgehead atoms. The minimum Gasteiger partial charge on any atom is -0.206 e. The van der Waals surface area contributed by atoms with Gasteiger partial charge in [0.2, 0.25) is 0 Å². The molecule has 0 aliphatic heterocycles. The molecule has 3 aromatic carbocycles. The Bertz CT molecular complexity index is 1100. The van der Waals surface area contributed by atoms with E-state index in [9.17, 15) is 4.39 Å². The fourth-order valence-electron chi connectivity index (χ4n) is 5.26. The summed E-state index contributed by atoms with van der Waals surface area (Å²) in [4.78, 5) is 0. The highest BCUT2D eigenvalue weighted by Gasteiger charge is 2.20. The van der Waals surface area contributed by atoms with E-state index in [4.69, 9.17) is 0 Å². The summed E-state index contributed by atoms with van der Waals surface area (Å²) in [5, 5.41) is 1.59. The molecule has 0 N–H and O–H groups in total. The summed E-state index contributed by atoms with van der Waals surface area (Å²) >= 11 is 0. The molecule has 0 aromatic heterocycles. The van der Waals surface area contributed by atoms with Crippen LogP contribution in [0.3, 0.4) is 0 Å². The number of aryl methyl sites for hydroxylation is 2. The lowest BCUT2D eigenvalue weighted by molar-refractivity contribution is 0.250. The van der Waals surface area contributed by atoms with Crippen molar-refractivity contribution in [1.29, 1.82) is 0 Å². The number of unbranched alkanes of at least 4 members (excludes halogenated alkanes) is 1. The van der Waals surface area contributed by atoms with E-state index in [-0.39, 0.29) is 5.82 Å². The van der Waals surface area contributed by atoms with Crippen LogP contribution in [-0.4, -0.2) is 0 Å². The molecule has 1 saturated carbocycles. The monoisotopic (exact) mass is 440 g/mol. The van der Waals surface area contributed by atoms with E-state index in [2.05, 4.69) is 43.0 Å². The molecule has 0 saturated heterocycles. The normalized spacial score (nSPS) is 18.2. The van der Waals surface area contributed by atoms with Crippen LogP contribution in [0.2, 0.25) is 0 Å². The second-order valence-corrected chi connectivity index (χ2v) is 9.84. The van der Waals surface area contributed by atoms with E-state index in [1.807, 2.05) is 37.3 Å². The van der Waals surface area contributed by atoms with Crippen LogP contribution in [0.4, 0.5) is 4.39 Å². The lowest BCUT2D eigenvalue weighted by Crippen LogP contribution is -2.15. The highest BCUT2D eigenvalue weighted by molar-refractivity contribution is 5.85. The van der Waals surface area contributed by atoms with E-state index in [1.54, 1.807) is 0 Å². The van der Waals surface area contributed by atoms with Gasteiger partial charge in [-0.05, 0) is 71.9 Å². The quantitative estimate of drug-likeness (QED) is 0.322. The van der Waals surface area contributed by atoms with Crippen molar-refractivity contribution in [3.63, 3.8) is 0 Å². The third kappa shape index (κ3) is 6.26. The maximum absolute atomic E-state index is 14.5. The van der Waals surface area contributed by atoms with E-state index in [1.165, 1.54) is 63.4 Å². The highest BCUT2D eigenvalue weighted by Crippen LogP contribution is 2.34. The van der Waals surface area contributed by atoms with E-state index in [0.717, 1.165) is 33.9 Å². The molecule has 33 heavy (non-hydrogen) atoms. The molecule has 0 atom stereocenters. The van der Waals surface area contributed by atoms with Gasteiger partial charge in [0.1, 0.15) is 5.82 Å². The zero-order valence-electron chi connectivity index (χ0n) is 20.3. The molecule has 1 aliphatic rings. The third-order valence-corrected chi connectivity index (χ3v) is 7.49. The summed E-state index contributed by atoms with van der Waals surface area (Å²) in [7, 11) is 0. The molecule has 1 aliphatic carbocycles. The van der Waals surface area contributed by atoms with Gasteiger partial charge < -0.3 is 0 Å². The minimum atomic E-state index is -0.102. The molecular weight excluding hydrogens is 403 g/mol. The molecule has 1 heteroatoms. The lowest BCUT2D eigenvalue weighted by atomic mass is 9.78. The standard InChI is InChI=1S/C32H37F/c1-3-5-6-24-7-9-25(10-8-24)11-12-26-13-15-27(16-14-26)17-18-28-19-22-31-30(23-28)21-20-29(4-2)32(31)33/h13-16,19-25H,3-12H2,1-2H3. The maximum atomic E-state index is 14.5. The SMILES string of the molecule is CCCCC1CCC(CCc2ccc(C#Cc3ccc4c(F)c(CC)ccc4c3)cc2)CC1. The first-order valence-corrected chi connectivity index (χ1v) is 13.0. The van der Waals surface area contributed by atoms with E-state index < -0.39 is 0 Å². The van der Waals surface area contributed by atoms with Crippen molar-refractivity contribution in [3.05, 3.63) is 82.7 Å². The average molecular weight is 441 g/mol. The number of hydrogen-bond donors (Lipinski definition) is 0. The van der Waals surface area contributed by atoms with Crippen LogP contribution in [-0.2, 0) is 12.8 Å². The van der Waals surface area contributed by atoms with Crippen molar-refractivity contribution in [2.45, 2.75) is 78.1 Å². The topological polar surface area (TPSA) is 0 Å². The van der Waals surface area contributed by atoms with Crippen molar-refractivity contribution in [3.8, 4) is 11.8 Å². The van der Waals surface area contributed by atoms with Gasteiger partial charge in [0.15, 0.2) is 0 Å². The van der Waals surface area contributed by atoms with Crippen LogP contribution in [0.1, 0.15) is 87.5 Å². The number of benzene rings is 3. The third-order valence-electron chi connectivity index (χ3n) is 7.49. The Kier molecular flexibility index (Phi) is 8.22. The van der Waals surface area contributed by atoms with Crippen molar-refractivity contribution in [2.75, 3.05) is 0 Å². The number of fused-ring (bicyclic) bond motifs is 1. The highest BCUT2D eigenvalue weighted by atomic mass is 19.1. The fraction of sp³-hybridized carbons (Fsp3) is 0.438. The molecule has 4 rings (SSSR count). The molecule has 0 spiro atoms. The van der Waals surface area contributed by atoms with E-state index in [0.29, 0.717) is 11.8 Å². The van der Waals surface area contributed by atoms with Gasteiger partial charge >= 0.3 is 0 Å². The van der Waals surface area contributed by atoms with Crippen LogP contribution >= 0.6 is 0 Å². The van der Waals surface area contributed by atoms with E-state index >= 15 is 0 Å². The van der Waals surface area contributed by atoms with Gasteiger partial charge in [0, 0.05) is 16.5 Å². The van der Waals surface area contributed by atoms with Crippen molar-refractivity contribution < 1.29 is 4.39 Å². The summed E-state index contributed by atoms with van der Waals surface area (Å²) in [5.74, 6) is 8.33. The second-order valence-electron chi connectivity index (χ2n) is 9.84. The Hall–Kier alpha value is -2.59. The Morgan fingerprint density at radius 3 is 2.15 bits per heavy atom. The van der Waals surface area contributed by atoms with Gasteiger partial charge in [-0.3, -0.25) is 0 Å². The first-order chi connectivity index (χ1) is 16.2. The Balaban J connectivity index is 1.31. The molecule has 0 heterocycles. The fourth-order valence-corrected chi connectivity index (χ4v) is 5.26. The predicted octanol–water partition coefficient (Wildman–Crippen LogP) is 8.87. The van der Waals surface area contributed by atoms with Gasteiger partial charge in [0.25, 0.3) is 0 Å². The Morgan fingerprint density at radius 1 is 0.788 bits per heavy atom. The Labute approximate surface area is 199 Å². The molecule has 0 unspecified atom stereocenters. The predicted molar refractivity (Wildman–Crippen MR) is 139 cm³/mol. The number of halogens is 1. The lowest BCUT2D eigenvalue weighted by Gasteiger charge is -2.28. The van der Waals surface area contributed by atoms with Crippen LogP contribution in [0.25, 0.3) is 10.8 Å². The summed E-state index contributed by atoms with van der Waals surface area (Å²) in [6, 6.07) is 18.4. The molecule has 0 radical (unpaired) electrons. The summed E-state index contributed by atoms with van der Waals surface area (Å²) in [6.45, 7) is 4.28. The zero-order chi connectivity index (χ0) is 23.0. The van der Waals surface area contributed by atoms with Crippen molar-refractivity contribution in [1.82, 2.24) is 0 Å². The summed E-state index contributed by atoms with van der Waals surface area (Å²) in [6.07, 6.45) is 13.1. The van der Waals surface area contributed by atoms with Crippen LogP contribution in [0, 0.1) is 29.5 Å². The number of hydrogen-bond acceptors (Lipinski definition) is 0. The molecular formula is C32H37F. The van der Waals surface area contributed by atoms with Gasteiger partial charge in [-0.1, -0.05) is 101 Å². The Morgan fingerprint density at radius 2 is 1.45 bits per heavy atom. The van der Waals surface area contributed by atoms with Gasteiger partial charge in [0.05, 0.1) is 0 Å². The van der Waals surface area contributed by atoms with Crippen LogP contribution in [0.5, 0.6) is 0 Å². The van der Waals surface area contributed by atoms with Gasteiger partial charge in [-0.15, -0.1) is 0 Å². The van der Waals surface area contributed by atoms with Gasteiger partial charge in [-0.2, -0.15) is 0 Å². The smallest absolute Gasteiger partial charge is 0.134 e. The van der Waals surface area contributed by atoms with Gasteiger partial charge in [-0.25, -0.2) is 4.39 Å². The summed E-state index contributed by atoms with van der Waals surface area (Å²) < 4.78 is 14.5. The minimum absolute atomic E-state index is 0.102. The first kappa shape index (κ1) is 23.6.